The normalized spacial score (nSPS) is 17.7. The highest BCUT2D eigenvalue weighted by Crippen LogP contribution is 2.35. The van der Waals surface area contributed by atoms with E-state index < -0.39 is 33.6 Å². The molecule has 0 saturated heterocycles. The van der Waals surface area contributed by atoms with Crippen LogP contribution in [0.25, 0.3) is 0 Å². The molecule has 1 aromatic carbocycles. The number of hydrogen-bond acceptors (Lipinski definition) is 5. The second-order valence-corrected chi connectivity index (χ2v) is 8.48. The maximum atomic E-state index is 13.4. The zero-order valence-electron chi connectivity index (χ0n) is 15.9. The minimum Gasteiger partial charge on any atom is -0.488 e. The molecule has 12 heteroatoms. The molecule has 1 unspecified atom stereocenters. The second kappa shape index (κ2) is 7.22. The molecular weight excluding hydrogens is 420 g/mol. The molecule has 2 aromatic heterocycles. The number of ether oxygens (including phenoxy) is 1. The largest absolute Gasteiger partial charge is 0.488 e. The standard InChI is InChI=1S/C18H17F2N5O4S/c1-24-8-15-17(16(24)18(26)22-11-3-4-12(19)13(20)5-11)29-9-14(23-30(15,27)28)10-6-21-25(2)7-10/h3-8,14,23H,9H2,1-2H3,(H,22,26). The Morgan fingerprint density at radius 2 is 2.03 bits per heavy atom. The Kier molecular flexibility index (Phi) is 4.82. The van der Waals surface area contributed by atoms with Crippen LogP contribution >= 0.6 is 0 Å². The van der Waals surface area contributed by atoms with Gasteiger partial charge in [-0.05, 0) is 12.1 Å². The number of hydrogen-bond donors (Lipinski definition) is 2. The molecule has 0 fully saturated rings. The molecule has 4 rings (SSSR count). The quantitative estimate of drug-likeness (QED) is 0.649. The van der Waals surface area contributed by atoms with Crippen molar-refractivity contribution in [1.82, 2.24) is 19.1 Å². The number of rotatable bonds is 3. The van der Waals surface area contributed by atoms with Gasteiger partial charge in [0, 0.05) is 43.8 Å². The number of sulfonamides is 1. The molecule has 1 atom stereocenters. The van der Waals surface area contributed by atoms with E-state index in [9.17, 15) is 22.0 Å². The van der Waals surface area contributed by atoms with Gasteiger partial charge < -0.3 is 14.6 Å². The summed E-state index contributed by atoms with van der Waals surface area (Å²) >= 11 is 0. The first-order valence-corrected chi connectivity index (χ1v) is 10.2. The topological polar surface area (TPSA) is 107 Å². The lowest BCUT2D eigenvalue weighted by Crippen LogP contribution is -2.29. The van der Waals surface area contributed by atoms with Crippen LogP contribution in [0.2, 0.25) is 0 Å². The van der Waals surface area contributed by atoms with Crippen LogP contribution in [0, 0.1) is 11.6 Å². The highest BCUT2D eigenvalue weighted by molar-refractivity contribution is 7.89. The lowest BCUT2D eigenvalue weighted by atomic mass is 10.2. The van der Waals surface area contributed by atoms with Gasteiger partial charge in [0.05, 0.1) is 12.2 Å². The van der Waals surface area contributed by atoms with Crippen molar-refractivity contribution < 1.29 is 26.7 Å². The van der Waals surface area contributed by atoms with E-state index >= 15 is 0 Å². The zero-order valence-corrected chi connectivity index (χ0v) is 16.7. The molecule has 0 radical (unpaired) electrons. The van der Waals surface area contributed by atoms with E-state index in [4.69, 9.17) is 4.74 Å². The number of nitrogens with zero attached hydrogens (tertiary/aromatic N) is 3. The Labute approximate surface area is 170 Å². The Bertz CT molecular complexity index is 1250. The van der Waals surface area contributed by atoms with E-state index in [1.807, 2.05) is 0 Å². The van der Waals surface area contributed by atoms with Gasteiger partial charge in [0.25, 0.3) is 5.91 Å². The Hall–Kier alpha value is -3.25. The predicted octanol–water partition coefficient (Wildman–Crippen LogP) is 1.70. The molecule has 1 aliphatic rings. The summed E-state index contributed by atoms with van der Waals surface area (Å²) in [7, 11) is -0.832. The summed E-state index contributed by atoms with van der Waals surface area (Å²) in [5, 5.41) is 6.45. The molecule has 3 aromatic rings. The lowest BCUT2D eigenvalue weighted by molar-refractivity contribution is 0.101. The molecule has 0 bridgehead atoms. The van der Waals surface area contributed by atoms with Crippen LogP contribution in [0.15, 0.2) is 41.7 Å². The lowest BCUT2D eigenvalue weighted by Gasteiger charge is -2.14. The number of carbonyl (C=O) groups excluding carboxylic acids is 1. The number of nitrogens with one attached hydrogen (secondary N) is 2. The summed E-state index contributed by atoms with van der Waals surface area (Å²) in [6.07, 6.45) is 4.43. The average molecular weight is 437 g/mol. The van der Waals surface area contributed by atoms with E-state index in [0.29, 0.717) is 5.56 Å². The van der Waals surface area contributed by atoms with E-state index in [1.165, 1.54) is 34.8 Å². The van der Waals surface area contributed by atoms with Gasteiger partial charge in [-0.3, -0.25) is 9.48 Å². The first-order valence-electron chi connectivity index (χ1n) is 8.75. The Balaban J connectivity index is 1.67. The number of anilines is 1. The molecule has 0 aliphatic carbocycles. The van der Waals surface area contributed by atoms with Crippen LogP contribution in [-0.2, 0) is 24.1 Å². The Morgan fingerprint density at radius 3 is 2.70 bits per heavy atom. The smallest absolute Gasteiger partial charge is 0.276 e. The summed E-state index contributed by atoms with van der Waals surface area (Å²) in [6.45, 7) is -0.0760. The SMILES string of the molecule is Cn1cc(C2COc3c(cn(C)c3C(=O)Nc3ccc(F)c(F)c3)S(=O)(=O)N2)cn1. The molecule has 0 spiro atoms. The van der Waals surface area contributed by atoms with E-state index in [-0.39, 0.29) is 28.6 Å². The number of halogens is 2. The molecular formula is C18H17F2N5O4S. The van der Waals surface area contributed by atoms with Gasteiger partial charge in [0.1, 0.15) is 11.5 Å². The van der Waals surface area contributed by atoms with Gasteiger partial charge in [-0.15, -0.1) is 0 Å². The second-order valence-electron chi connectivity index (χ2n) is 6.80. The first kappa shape index (κ1) is 20.0. The van der Waals surface area contributed by atoms with Crippen LogP contribution in [-0.4, -0.2) is 35.3 Å². The molecule has 2 N–H and O–H groups in total. The third-order valence-electron chi connectivity index (χ3n) is 4.60. The summed E-state index contributed by atoms with van der Waals surface area (Å²) in [5.41, 5.74) is 0.534. The molecule has 3 heterocycles. The van der Waals surface area contributed by atoms with Crippen molar-refractivity contribution in [3.8, 4) is 5.75 Å². The van der Waals surface area contributed by atoms with Crippen LogP contribution in [0.3, 0.4) is 0 Å². The van der Waals surface area contributed by atoms with Crippen LogP contribution < -0.4 is 14.8 Å². The van der Waals surface area contributed by atoms with E-state index in [1.54, 1.807) is 13.2 Å². The number of benzene rings is 1. The summed E-state index contributed by atoms with van der Waals surface area (Å²) in [5.74, 6) is -3.04. The predicted molar refractivity (Wildman–Crippen MR) is 101 cm³/mol. The van der Waals surface area contributed by atoms with Crippen LogP contribution in [0.1, 0.15) is 22.1 Å². The van der Waals surface area contributed by atoms with Gasteiger partial charge in [-0.25, -0.2) is 17.2 Å². The van der Waals surface area contributed by atoms with Crippen molar-refractivity contribution in [2.24, 2.45) is 14.1 Å². The minimum atomic E-state index is -4.01. The number of carbonyl (C=O) groups is 1. The molecule has 158 valence electrons. The summed E-state index contributed by atoms with van der Waals surface area (Å²) < 4.78 is 63.4. The van der Waals surface area contributed by atoms with Crippen molar-refractivity contribution in [3.05, 3.63) is 59.7 Å². The Morgan fingerprint density at radius 1 is 1.27 bits per heavy atom. The highest BCUT2D eigenvalue weighted by atomic mass is 32.2. The average Bonchev–Trinajstić information content (AvgIpc) is 3.22. The molecule has 9 nitrogen and oxygen atoms in total. The van der Waals surface area contributed by atoms with Gasteiger partial charge in [0.2, 0.25) is 10.0 Å². The van der Waals surface area contributed by atoms with Gasteiger partial charge in [0.15, 0.2) is 23.1 Å². The van der Waals surface area contributed by atoms with E-state index in [0.717, 1.165) is 12.1 Å². The number of fused-ring (bicyclic) bond motifs is 1. The third-order valence-corrected chi connectivity index (χ3v) is 6.07. The minimum absolute atomic E-state index is 0.0108. The highest BCUT2D eigenvalue weighted by Gasteiger charge is 2.35. The maximum Gasteiger partial charge on any atom is 0.276 e. The van der Waals surface area contributed by atoms with Crippen molar-refractivity contribution >= 4 is 21.6 Å². The van der Waals surface area contributed by atoms with Crippen molar-refractivity contribution in [2.75, 3.05) is 11.9 Å². The fourth-order valence-corrected chi connectivity index (χ4v) is 4.57. The van der Waals surface area contributed by atoms with Crippen molar-refractivity contribution in [1.29, 1.82) is 0 Å². The number of aryl methyl sites for hydroxylation is 2. The maximum absolute atomic E-state index is 13.4. The van der Waals surface area contributed by atoms with Gasteiger partial charge >= 0.3 is 0 Å². The third kappa shape index (κ3) is 3.55. The monoisotopic (exact) mass is 437 g/mol. The fraction of sp³-hybridized carbons (Fsp3) is 0.222. The molecule has 1 amide bonds. The first-order chi connectivity index (χ1) is 14.2. The number of amides is 1. The van der Waals surface area contributed by atoms with Crippen molar-refractivity contribution in [2.45, 2.75) is 10.9 Å². The van der Waals surface area contributed by atoms with Crippen molar-refractivity contribution in [3.63, 3.8) is 0 Å². The number of aromatic nitrogens is 3. The molecule has 0 saturated carbocycles. The summed E-state index contributed by atoms with van der Waals surface area (Å²) in [4.78, 5) is 12.6. The molecule has 30 heavy (non-hydrogen) atoms. The van der Waals surface area contributed by atoms with Crippen LogP contribution in [0.4, 0.5) is 14.5 Å². The zero-order chi connectivity index (χ0) is 21.6. The molecule has 1 aliphatic heterocycles. The summed E-state index contributed by atoms with van der Waals surface area (Å²) in [6, 6.07) is 2.19. The van der Waals surface area contributed by atoms with E-state index in [2.05, 4.69) is 15.1 Å². The van der Waals surface area contributed by atoms with Crippen LogP contribution in [0.5, 0.6) is 5.75 Å². The fourth-order valence-electron chi connectivity index (χ4n) is 3.17. The van der Waals surface area contributed by atoms with Gasteiger partial charge in [-0.2, -0.15) is 9.82 Å². The van der Waals surface area contributed by atoms with Gasteiger partial charge in [-0.1, -0.05) is 0 Å².